The zero-order valence-corrected chi connectivity index (χ0v) is 10.5. The van der Waals surface area contributed by atoms with E-state index in [0.29, 0.717) is 0 Å². The van der Waals surface area contributed by atoms with Crippen molar-refractivity contribution in [3.05, 3.63) is 29.8 Å². The zero-order chi connectivity index (χ0) is 12.3. The molecule has 0 bridgehead atoms. The maximum absolute atomic E-state index is 11.8. The Morgan fingerprint density at radius 1 is 1.19 bits per heavy atom. The highest BCUT2D eigenvalue weighted by molar-refractivity contribution is 7.92. The first-order valence-corrected chi connectivity index (χ1v) is 6.80. The van der Waals surface area contributed by atoms with E-state index in [0.717, 1.165) is 5.56 Å². The Morgan fingerprint density at radius 3 is 2.12 bits per heavy atom. The third kappa shape index (κ3) is 3.17. The summed E-state index contributed by atoms with van der Waals surface area (Å²) >= 11 is 0. The van der Waals surface area contributed by atoms with Crippen LogP contribution in [0.1, 0.15) is 19.4 Å². The molecule has 16 heavy (non-hydrogen) atoms. The molecule has 0 saturated heterocycles. The van der Waals surface area contributed by atoms with Crippen LogP contribution in [0.4, 0.5) is 0 Å². The summed E-state index contributed by atoms with van der Waals surface area (Å²) in [5.41, 5.74) is 0.995. The molecule has 0 heterocycles. The standard InChI is InChI=1S/C12H16O3S/c1-9(2)12(13)8-16(14,15)11-6-4-10(3)5-7-11/h4-7,9H,8H2,1-3H3. The van der Waals surface area contributed by atoms with E-state index in [1.165, 1.54) is 12.1 Å². The summed E-state index contributed by atoms with van der Waals surface area (Å²) in [6.07, 6.45) is 0. The van der Waals surface area contributed by atoms with E-state index in [-0.39, 0.29) is 16.6 Å². The van der Waals surface area contributed by atoms with E-state index in [4.69, 9.17) is 0 Å². The highest BCUT2D eigenvalue weighted by Gasteiger charge is 2.20. The minimum absolute atomic E-state index is 0.215. The van der Waals surface area contributed by atoms with Gasteiger partial charge in [0.15, 0.2) is 15.6 Å². The molecule has 1 aromatic carbocycles. The average Bonchev–Trinajstić information content (AvgIpc) is 2.17. The van der Waals surface area contributed by atoms with E-state index in [2.05, 4.69) is 0 Å². The molecule has 0 unspecified atom stereocenters. The highest BCUT2D eigenvalue weighted by atomic mass is 32.2. The number of carbonyl (C=O) groups excluding carboxylic acids is 1. The summed E-state index contributed by atoms with van der Waals surface area (Å²) < 4.78 is 23.7. The first kappa shape index (κ1) is 12.9. The number of sulfone groups is 1. The molecule has 0 atom stereocenters. The van der Waals surface area contributed by atoms with Gasteiger partial charge in [-0.1, -0.05) is 31.5 Å². The lowest BCUT2D eigenvalue weighted by atomic mass is 10.1. The van der Waals surface area contributed by atoms with Crippen molar-refractivity contribution in [1.82, 2.24) is 0 Å². The molecule has 0 fully saturated rings. The largest absolute Gasteiger partial charge is 0.298 e. The Bertz CT molecular complexity index is 469. The molecule has 0 aliphatic heterocycles. The van der Waals surface area contributed by atoms with E-state index in [9.17, 15) is 13.2 Å². The number of ketones is 1. The number of hydrogen-bond donors (Lipinski definition) is 0. The van der Waals surface area contributed by atoms with E-state index >= 15 is 0 Å². The van der Waals surface area contributed by atoms with Crippen LogP contribution in [0.15, 0.2) is 29.2 Å². The van der Waals surface area contributed by atoms with Crippen molar-refractivity contribution in [3.8, 4) is 0 Å². The van der Waals surface area contributed by atoms with Crippen LogP contribution in [0.3, 0.4) is 0 Å². The first-order valence-electron chi connectivity index (χ1n) is 5.15. The van der Waals surface area contributed by atoms with Gasteiger partial charge in [-0.25, -0.2) is 8.42 Å². The van der Waals surface area contributed by atoms with Gasteiger partial charge < -0.3 is 0 Å². The van der Waals surface area contributed by atoms with Gasteiger partial charge in [-0.2, -0.15) is 0 Å². The molecule has 0 aromatic heterocycles. The second-order valence-electron chi connectivity index (χ2n) is 4.19. The first-order chi connectivity index (χ1) is 7.33. The van der Waals surface area contributed by atoms with E-state index in [1.807, 2.05) is 6.92 Å². The lowest BCUT2D eigenvalue weighted by molar-refractivity contribution is -0.119. The number of Topliss-reactive ketones (excluding diaryl/α,β-unsaturated/α-hetero) is 1. The molecular weight excluding hydrogens is 224 g/mol. The fourth-order valence-corrected chi connectivity index (χ4v) is 2.61. The Kier molecular flexibility index (Phi) is 3.86. The van der Waals surface area contributed by atoms with Gasteiger partial charge in [0.25, 0.3) is 0 Å². The van der Waals surface area contributed by atoms with Crippen molar-refractivity contribution in [2.24, 2.45) is 5.92 Å². The van der Waals surface area contributed by atoms with Crippen molar-refractivity contribution in [3.63, 3.8) is 0 Å². The number of benzene rings is 1. The van der Waals surface area contributed by atoms with Gasteiger partial charge >= 0.3 is 0 Å². The summed E-state index contributed by atoms with van der Waals surface area (Å²) in [6, 6.07) is 6.54. The normalized spacial score (nSPS) is 11.8. The number of carbonyl (C=O) groups is 1. The Hall–Kier alpha value is -1.16. The van der Waals surface area contributed by atoms with Crippen LogP contribution in [0.25, 0.3) is 0 Å². The van der Waals surface area contributed by atoms with Crippen LogP contribution >= 0.6 is 0 Å². The van der Waals surface area contributed by atoms with Gasteiger partial charge in [-0.15, -0.1) is 0 Å². The van der Waals surface area contributed by atoms with Crippen molar-refractivity contribution in [2.45, 2.75) is 25.7 Å². The summed E-state index contributed by atoms with van der Waals surface area (Å²) in [7, 11) is -3.47. The summed E-state index contributed by atoms with van der Waals surface area (Å²) in [4.78, 5) is 11.6. The Balaban J connectivity index is 2.95. The van der Waals surface area contributed by atoms with Crippen LogP contribution < -0.4 is 0 Å². The van der Waals surface area contributed by atoms with Gasteiger partial charge in [0.2, 0.25) is 0 Å². The SMILES string of the molecule is Cc1ccc(S(=O)(=O)CC(=O)C(C)C)cc1. The third-order valence-corrected chi connectivity index (χ3v) is 4.01. The highest BCUT2D eigenvalue weighted by Crippen LogP contribution is 2.13. The molecule has 88 valence electrons. The zero-order valence-electron chi connectivity index (χ0n) is 9.73. The fraction of sp³-hybridized carbons (Fsp3) is 0.417. The van der Waals surface area contributed by atoms with Crippen LogP contribution in [-0.2, 0) is 14.6 Å². The smallest absolute Gasteiger partial charge is 0.185 e. The average molecular weight is 240 g/mol. The van der Waals surface area contributed by atoms with E-state index < -0.39 is 15.6 Å². The molecule has 1 rings (SSSR count). The van der Waals surface area contributed by atoms with Crippen molar-refractivity contribution < 1.29 is 13.2 Å². The fourth-order valence-electron chi connectivity index (χ4n) is 1.18. The van der Waals surface area contributed by atoms with Gasteiger partial charge in [0.05, 0.1) is 4.90 Å². The molecule has 0 amide bonds. The summed E-state index contributed by atoms with van der Waals surface area (Å²) in [5.74, 6) is -0.908. The summed E-state index contributed by atoms with van der Waals surface area (Å²) in [5, 5.41) is 0. The molecule has 0 aliphatic rings. The second kappa shape index (κ2) is 4.78. The quantitative estimate of drug-likeness (QED) is 0.808. The van der Waals surface area contributed by atoms with Crippen molar-refractivity contribution in [1.29, 1.82) is 0 Å². The van der Waals surface area contributed by atoms with E-state index in [1.54, 1.807) is 26.0 Å². The van der Waals surface area contributed by atoms with Crippen molar-refractivity contribution >= 4 is 15.6 Å². The molecule has 3 nitrogen and oxygen atoms in total. The third-order valence-electron chi connectivity index (χ3n) is 2.36. The van der Waals surface area contributed by atoms with Gasteiger partial charge in [0.1, 0.15) is 5.75 Å². The van der Waals surface area contributed by atoms with Gasteiger partial charge in [-0.3, -0.25) is 4.79 Å². The molecule has 1 aromatic rings. The molecular formula is C12H16O3S. The van der Waals surface area contributed by atoms with Crippen LogP contribution in [0.2, 0.25) is 0 Å². The second-order valence-corrected chi connectivity index (χ2v) is 6.18. The molecule has 0 N–H and O–H groups in total. The predicted molar refractivity (Wildman–Crippen MR) is 63.1 cm³/mol. The Labute approximate surface area is 96.4 Å². The lowest BCUT2D eigenvalue weighted by Crippen LogP contribution is -2.20. The lowest BCUT2D eigenvalue weighted by Gasteiger charge is -2.06. The Morgan fingerprint density at radius 2 is 1.69 bits per heavy atom. The van der Waals surface area contributed by atoms with Gasteiger partial charge in [0, 0.05) is 5.92 Å². The topological polar surface area (TPSA) is 51.2 Å². The van der Waals surface area contributed by atoms with Gasteiger partial charge in [-0.05, 0) is 19.1 Å². The molecule has 0 radical (unpaired) electrons. The van der Waals surface area contributed by atoms with Crippen LogP contribution in [0, 0.1) is 12.8 Å². The number of aryl methyl sites for hydroxylation is 1. The van der Waals surface area contributed by atoms with Crippen LogP contribution in [0.5, 0.6) is 0 Å². The molecule has 4 heteroatoms. The monoisotopic (exact) mass is 240 g/mol. The maximum atomic E-state index is 11.8. The number of rotatable bonds is 4. The molecule has 0 spiro atoms. The van der Waals surface area contributed by atoms with Crippen LogP contribution in [-0.4, -0.2) is 20.0 Å². The minimum atomic E-state index is -3.47. The summed E-state index contributed by atoms with van der Waals surface area (Å²) in [6.45, 7) is 5.29. The molecule has 0 aliphatic carbocycles. The maximum Gasteiger partial charge on any atom is 0.185 e. The van der Waals surface area contributed by atoms with Crippen molar-refractivity contribution in [2.75, 3.05) is 5.75 Å². The predicted octanol–water partition coefficient (Wildman–Crippen LogP) is 1.99. The molecule has 0 saturated carbocycles. The number of hydrogen-bond acceptors (Lipinski definition) is 3. The minimum Gasteiger partial charge on any atom is -0.298 e.